The average molecular weight is 232 g/mol. The molecule has 0 aliphatic heterocycles. The van der Waals surface area contributed by atoms with Crippen molar-refractivity contribution in [2.24, 2.45) is 5.92 Å². The van der Waals surface area contributed by atoms with Crippen molar-refractivity contribution in [1.29, 1.82) is 0 Å². The van der Waals surface area contributed by atoms with E-state index in [9.17, 15) is 9.90 Å². The molecule has 17 heavy (non-hydrogen) atoms. The molecule has 0 aromatic heterocycles. The fourth-order valence-electron chi connectivity index (χ4n) is 2.39. The third kappa shape index (κ3) is 3.10. The summed E-state index contributed by atoms with van der Waals surface area (Å²) >= 11 is 0. The van der Waals surface area contributed by atoms with E-state index in [2.05, 4.69) is 7.85 Å². The Labute approximate surface area is 102 Å². The summed E-state index contributed by atoms with van der Waals surface area (Å²) in [7, 11) is 2.11. The molecule has 0 bridgehead atoms. The number of aliphatic hydroxyl groups is 1. The number of hydrogen-bond donors (Lipinski definition) is 1. The van der Waals surface area contributed by atoms with Crippen LogP contribution in [-0.4, -0.2) is 31.6 Å². The molecule has 90 valence electrons. The molecule has 3 atom stereocenters. The lowest BCUT2D eigenvalue weighted by Gasteiger charge is -2.14. The average Bonchev–Trinajstić information content (AvgIpc) is 2.66. The van der Waals surface area contributed by atoms with E-state index in [0.29, 0.717) is 18.0 Å². The van der Waals surface area contributed by atoms with Gasteiger partial charge in [-0.1, -0.05) is 24.0 Å². The van der Waals surface area contributed by atoms with Gasteiger partial charge in [0.15, 0.2) is 0 Å². The molecule has 1 saturated carbocycles. The van der Waals surface area contributed by atoms with Gasteiger partial charge in [-0.05, 0) is 25.0 Å². The molecule has 0 amide bonds. The van der Waals surface area contributed by atoms with Crippen LogP contribution < -0.4 is 0 Å². The minimum atomic E-state index is -0.325. The maximum Gasteiger partial charge on any atom is 0.338 e. The van der Waals surface area contributed by atoms with E-state index in [0.717, 1.165) is 12.8 Å². The van der Waals surface area contributed by atoms with Gasteiger partial charge in [0.1, 0.15) is 7.85 Å². The number of ether oxygens (including phenoxy) is 1. The zero-order valence-electron chi connectivity index (χ0n) is 10.0. The standard InChI is InChI=1S/C13H17BO3/c14-11-6-10(12(15)7-11)8-17-13(16)9-4-2-1-3-5-9/h1-5,10-12,15H,6-8,14H2. The van der Waals surface area contributed by atoms with Crippen molar-refractivity contribution in [3.05, 3.63) is 35.9 Å². The molecule has 1 aromatic carbocycles. The predicted octanol–water partition coefficient (Wildman–Crippen LogP) is 1.04. The molecule has 0 heterocycles. The van der Waals surface area contributed by atoms with Crippen molar-refractivity contribution in [1.82, 2.24) is 0 Å². The first-order valence-electron chi connectivity index (χ1n) is 6.07. The van der Waals surface area contributed by atoms with Gasteiger partial charge >= 0.3 is 5.97 Å². The van der Waals surface area contributed by atoms with Crippen molar-refractivity contribution in [3.63, 3.8) is 0 Å². The van der Waals surface area contributed by atoms with E-state index in [1.165, 1.54) is 0 Å². The van der Waals surface area contributed by atoms with E-state index in [4.69, 9.17) is 4.74 Å². The molecular formula is C13H17BO3. The third-order valence-corrected chi connectivity index (χ3v) is 3.33. The minimum absolute atomic E-state index is 0.0951. The number of benzene rings is 1. The van der Waals surface area contributed by atoms with Gasteiger partial charge in [0.05, 0.1) is 18.3 Å². The highest BCUT2D eigenvalue weighted by Crippen LogP contribution is 2.33. The van der Waals surface area contributed by atoms with Gasteiger partial charge in [0.2, 0.25) is 0 Å². The van der Waals surface area contributed by atoms with Gasteiger partial charge in [-0.3, -0.25) is 0 Å². The van der Waals surface area contributed by atoms with Crippen LogP contribution in [0.5, 0.6) is 0 Å². The fraction of sp³-hybridized carbons (Fsp3) is 0.462. The van der Waals surface area contributed by atoms with Crippen LogP contribution in [0.25, 0.3) is 0 Å². The fourth-order valence-corrected chi connectivity index (χ4v) is 2.39. The Morgan fingerprint density at radius 3 is 2.65 bits per heavy atom. The summed E-state index contributed by atoms with van der Waals surface area (Å²) in [5.41, 5.74) is 0.563. The summed E-state index contributed by atoms with van der Waals surface area (Å²) in [4.78, 5) is 11.7. The van der Waals surface area contributed by atoms with E-state index in [1.54, 1.807) is 12.1 Å². The lowest BCUT2D eigenvalue weighted by molar-refractivity contribution is 0.0303. The van der Waals surface area contributed by atoms with Crippen LogP contribution in [0.3, 0.4) is 0 Å². The number of carbonyl (C=O) groups is 1. The van der Waals surface area contributed by atoms with Crippen LogP contribution >= 0.6 is 0 Å². The zero-order valence-corrected chi connectivity index (χ0v) is 10.0. The van der Waals surface area contributed by atoms with Crippen molar-refractivity contribution >= 4 is 13.8 Å². The molecule has 0 spiro atoms. The smallest absolute Gasteiger partial charge is 0.338 e. The Kier molecular flexibility index (Phi) is 3.84. The van der Waals surface area contributed by atoms with Gasteiger partial charge in [0, 0.05) is 5.92 Å². The van der Waals surface area contributed by atoms with Crippen LogP contribution in [0.1, 0.15) is 23.2 Å². The molecule has 1 aliphatic rings. The quantitative estimate of drug-likeness (QED) is 0.625. The second-order valence-corrected chi connectivity index (χ2v) is 4.87. The van der Waals surface area contributed by atoms with Gasteiger partial charge in [0.25, 0.3) is 0 Å². The van der Waals surface area contributed by atoms with E-state index < -0.39 is 0 Å². The largest absolute Gasteiger partial charge is 0.462 e. The lowest BCUT2D eigenvalue weighted by atomic mass is 9.85. The molecule has 2 rings (SSSR count). The normalized spacial score (nSPS) is 27.9. The van der Waals surface area contributed by atoms with Gasteiger partial charge in [-0.25, -0.2) is 4.79 Å². The molecule has 4 heteroatoms. The molecule has 0 radical (unpaired) electrons. The summed E-state index contributed by atoms with van der Waals surface area (Å²) in [6.07, 6.45) is 1.42. The number of hydrogen-bond acceptors (Lipinski definition) is 3. The molecule has 3 nitrogen and oxygen atoms in total. The lowest BCUT2D eigenvalue weighted by Crippen LogP contribution is -2.21. The summed E-state index contributed by atoms with van der Waals surface area (Å²) in [6.45, 7) is 0.319. The number of esters is 1. The van der Waals surface area contributed by atoms with Crippen molar-refractivity contribution < 1.29 is 14.6 Å². The molecule has 1 aromatic rings. The first-order chi connectivity index (χ1) is 8.16. The maximum absolute atomic E-state index is 11.7. The number of rotatable bonds is 3. The predicted molar refractivity (Wildman–Crippen MR) is 67.7 cm³/mol. The molecule has 1 aliphatic carbocycles. The van der Waals surface area contributed by atoms with Crippen LogP contribution in [0.2, 0.25) is 5.82 Å². The topological polar surface area (TPSA) is 46.5 Å². The first kappa shape index (κ1) is 12.2. The summed E-state index contributed by atoms with van der Waals surface area (Å²) in [5.74, 6) is 0.306. The Bertz CT molecular complexity index is 380. The second kappa shape index (κ2) is 5.36. The van der Waals surface area contributed by atoms with Gasteiger partial charge in [-0.15, -0.1) is 0 Å². The summed E-state index contributed by atoms with van der Waals surface area (Å²) < 4.78 is 5.23. The first-order valence-corrected chi connectivity index (χ1v) is 6.07. The number of aliphatic hydroxyl groups excluding tert-OH is 1. The Hall–Kier alpha value is -1.29. The molecule has 1 fully saturated rings. The summed E-state index contributed by atoms with van der Waals surface area (Å²) in [6, 6.07) is 8.94. The van der Waals surface area contributed by atoms with Gasteiger partial charge in [-0.2, -0.15) is 0 Å². The highest BCUT2D eigenvalue weighted by Gasteiger charge is 2.31. The Morgan fingerprint density at radius 2 is 2.06 bits per heavy atom. The minimum Gasteiger partial charge on any atom is -0.462 e. The molecule has 0 saturated heterocycles. The van der Waals surface area contributed by atoms with Crippen LogP contribution in [0.15, 0.2) is 30.3 Å². The zero-order chi connectivity index (χ0) is 12.3. The molecule has 1 N–H and O–H groups in total. The van der Waals surface area contributed by atoms with E-state index >= 15 is 0 Å². The van der Waals surface area contributed by atoms with Crippen molar-refractivity contribution in [3.8, 4) is 0 Å². The Morgan fingerprint density at radius 1 is 1.35 bits per heavy atom. The SMILES string of the molecule is BC1CC(O)C(COC(=O)c2ccccc2)C1. The van der Waals surface area contributed by atoms with Crippen LogP contribution in [0, 0.1) is 5.92 Å². The third-order valence-electron chi connectivity index (χ3n) is 3.33. The van der Waals surface area contributed by atoms with E-state index in [1.807, 2.05) is 18.2 Å². The number of carbonyl (C=O) groups excluding carboxylic acids is 1. The van der Waals surface area contributed by atoms with Gasteiger partial charge < -0.3 is 9.84 Å². The monoisotopic (exact) mass is 232 g/mol. The van der Waals surface area contributed by atoms with Crippen LogP contribution in [0.4, 0.5) is 0 Å². The highest BCUT2D eigenvalue weighted by molar-refractivity contribution is 6.11. The highest BCUT2D eigenvalue weighted by atomic mass is 16.5. The van der Waals surface area contributed by atoms with Crippen molar-refractivity contribution in [2.75, 3.05) is 6.61 Å². The maximum atomic E-state index is 11.7. The van der Waals surface area contributed by atoms with Crippen molar-refractivity contribution in [2.45, 2.75) is 24.8 Å². The van der Waals surface area contributed by atoms with E-state index in [-0.39, 0.29) is 18.0 Å². The molecule has 3 unspecified atom stereocenters. The summed E-state index contributed by atoms with van der Waals surface area (Å²) in [5, 5.41) is 9.75. The Balaban J connectivity index is 1.85. The second-order valence-electron chi connectivity index (χ2n) is 4.87. The molecular weight excluding hydrogens is 215 g/mol. The van der Waals surface area contributed by atoms with Crippen LogP contribution in [-0.2, 0) is 4.74 Å².